The van der Waals surface area contributed by atoms with E-state index in [1.165, 1.54) is 11.1 Å². The fourth-order valence-electron chi connectivity index (χ4n) is 3.30. The Morgan fingerprint density at radius 1 is 1.06 bits per heavy atom. The third kappa shape index (κ3) is 2.38. The van der Waals surface area contributed by atoms with E-state index in [2.05, 4.69) is 5.32 Å². The van der Waals surface area contributed by atoms with Crippen molar-refractivity contribution >= 4 is 0 Å². The number of aliphatic hydroxyl groups excluding tert-OH is 1. The van der Waals surface area contributed by atoms with Crippen LogP contribution in [0.4, 0.5) is 0 Å². The zero-order valence-corrected chi connectivity index (χ0v) is 10.6. The molecule has 1 aromatic rings. The monoisotopic (exact) mass is 247 g/mol. The van der Waals surface area contributed by atoms with Crippen LogP contribution in [0, 0.1) is 0 Å². The van der Waals surface area contributed by atoms with Gasteiger partial charge in [-0.25, -0.2) is 0 Å². The highest BCUT2D eigenvalue weighted by Crippen LogP contribution is 2.34. The first-order valence-electron chi connectivity index (χ1n) is 6.98. The summed E-state index contributed by atoms with van der Waals surface area (Å²) >= 11 is 0. The van der Waals surface area contributed by atoms with Crippen LogP contribution in [0.15, 0.2) is 18.2 Å². The van der Waals surface area contributed by atoms with E-state index < -0.39 is 0 Å². The molecule has 0 bridgehead atoms. The van der Waals surface area contributed by atoms with Crippen LogP contribution >= 0.6 is 0 Å². The molecule has 0 amide bonds. The third-order valence-corrected chi connectivity index (χ3v) is 4.34. The molecule has 2 aliphatic carbocycles. The summed E-state index contributed by atoms with van der Waals surface area (Å²) in [4.78, 5) is 0. The van der Waals surface area contributed by atoms with Gasteiger partial charge in [-0.15, -0.1) is 0 Å². The fourth-order valence-corrected chi connectivity index (χ4v) is 3.30. The highest BCUT2D eigenvalue weighted by Gasteiger charge is 2.27. The predicted octanol–water partition coefficient (Wildman–Crippen LogP) is 2.27. The van der Waals surface area contributed by atoms with Gasteiger partial charge < -0.3 is 15.5 Å². The Labute approximate surface area is 108 Å². The number of hydrogen-bond donors (Lipinski definition) is 3. The van der Waals surface area contributed by atoms with E-state index in [1.54, 1.807) is 6.07 Å². The number of hydrogen-bond acceptors (Lipinski definition) is 3. The van der Waals surface area contributed by atoms with Gasteiger partial charge in [-0.1, -0.05) is 6.07 Å². The SMILES string of the molecule is Oc1ccc2c(c1)CCC2NC1CCC(O)CC1. The Balaban J connectivity index is 1.66. The summed E-state index contributed by atoms with van der Waals surface area (Å²) in [5, 5.41) is 22.7. The Bertz CT molecular complexity index is 425. The Morgan fingerprint density at radius 2 is 1.83 bits per heavy atom. The largest absolute Gasteiger partial charge is 0.508 e. The summed E-state index contributed by atoms with van der Waals surface area (Å²) in [6.07, 6.45) is 6.08. The maximum atomic E-state index is 9.52. The van der Waals surface area contributed by atoms with Gasteiger partial charge in [-0.2, -0.15) is 0 Å². The molecule has 3 nitrogen and oxygen atoms in total. The van der Waals surface area contributed by atoms with Gasteiger partial charge in [-0.3, -0.25) is 0 Å². The zero-order chi connectivity index (χ0) is 12.5. The van der Waals surface area contributed by atoms with Crippen molar-refractivity contribution < 1.29 is 10.2 Å². The van der Waals surface area contributed by atoms with Gasteiger partial charge in [0.25, 0.3) is 0 Å². The number of phenolic OH excluding ortho intramolecular Hbond substituents is 1. The number of benzene rings is 1. The topological polar surface area (TPSA) is 52.5 Å². The minimum Gasteiger partial charge on any atom is -0.508 e. The summed E-state index contributed by atoms with van der Waals surface area (Å²) in [5.41, 5.74) is 2.63. The lowest BCUT2D eigenvalue weighted by atomic mass is 9.92. The van der Waals surface area contributed by atoms with Gasteiger partial charge >= 0.3 is 0 Å². The van der Waals surface area contributed by atoms with Crippen molar-refractivity contribution in [3.05, 3.63) is 29.3 Å². The van der Waals surface area contributed by atoms with E-state index in [4.69, 9.17) is 0 Å². The van der Waals surface area contributed by atoms with Crippen LogP contribution in [0.3, 0.4) is 0 Å². The lowest BCUT2D eigenvalue weighted by Crippen LogP contribution is -2.36. The van der Waals surface area contributed by atoms with Crippen molar-refractivity contribution in [2.45, 2.75) is 56.7 Å². The number of rotatable bonds is 2. The molecule has 3 N–H and O–H groups in total. The lowest BCUT2D eigenvalue weighted by Gasteiger charge is -2.29. The molecule has 0 saturated heterocycles. The first kappa shape index (κ1) is 12.0. The van der Waals surface area contributed by atoms with E-state index in [0.717, 1.165) is 38.5 Å². The summed E-state index contributed by atoms with van der Waals surface area (Å²) in [5.74, 6) is 0.371. The molecule has 1 aromatic carbocycles. The maximum absolute atomic E-state index is 9.52. The van der Waals surface area contributed by atoms with Crippen molar-refractivity contribution in [2.24, 2.45) is 0 Å². The van der Waals surface area contributed by atoms with Crippen molar-refractivity contribution in [3.63, 3.8) is 0 Å². The molecule has 98 valence electrons. The summed E-state index contributed by atoms with van der Waals surface area (Å²) < 4.78 is 0. The molecule has 1 fully saturated rings. The smallest absolute Gasteiger partial charge is 0.115 e. The Kier molecular flexibility index (Phi) is 3.27. The normalized spacial score (nSPS) is 31.3. The second kappa shape index (κ2) is 4.90. The molecular weight excluding hydrogens is 226 g/mol. The molecule has 1 unspecified atom stereocenters. The molecule has 18 heavy (non-hydrogen) atoms. The fraction of sp³-hybridized carbons (Fsp3) is 0.600. The minimum atomic E-state index is -0.0872. The predicted molar refractivity (Wildman–Crippen MR) is 70.6 cm³/mol. The van der Waals surface area contributed by atoms with Gasteiger partial charge in [0.15, 0.2) is 0 Å². The van der Waals surface area contributed by atoms with Gasteiger partial charge in [0, 0.05) is 12.1 Å². The maximum Gasteiger partial charge on any atom is 0.115 e. The summed E-state index contributed by atoms with van der Waals surface area (Å²) in [7, 11) is 0. The minimum absolute atomic E-state index is 0.0872. The first-order chi connectivity index (χ1) is 8.72. The number of aromatic hydroxyl groups is 1. The van der Waals surface area contributed by atoms with Gasteiger partial charge in [-0.05, 0) is 61.8 Å². The van der Waals surface area contributed by atoms with Crippen LogP contribution in [0.5, 0.6) is 5.75 Å². The third-order valence-electron chi connectivity index (χ3n) is 4.34. The van der Waals surface area contributed by atoms with Gasteiger partial charge in [0.05, 0.1) is 6.10 Å². The van der Waals surface area contributed by atoms with Gasteiger partial charge in [0.1, 0.15) is 5.75 Å². The molecule has 0 heterocycles. The zero-order valence-electron chi connectivity index (χ0n) is 10.6. The second-order valence-electron chi connectivity index (χ2n) is 5.65. The van der Waals surface area contributed by atoms with Crippen molar-refractivity contribution in [1.82, 2.24) is 5.32 Å². The van der Waals surface area contributed by atoms with E-state index in [-0.39, 0.29) is 6.10 Å². The Hall–Kier alpha value is -1.06. The first-order valence-corrected chi connectivity index (χ1v) is 6.98. The van der Waals surface area contributed by atoms with Crippen molar-refractivity contribution in [2.75, 3.05) is 0 Å². The second-order valence-corrected chi connectivity index (χ2v) is 5.65. The van der Waals surface area contributed by atoms with E-state index in [0.29, 0.717) is 17.8 Å². The highest BCUT2D eigenvalue weighted by molar-refractivity contribution is 5.40. The number of fused-ring (bicyclic) bond motifs is 1. The number of nitrogens with one attached hydrogen (secondary N) is 1. The quantitative estimate of drug-likeness (QED) is 0.751. The van der Waals surface area contributed by atoms with Crippen molar-refractivity contribution in [3.8, 4) is 5.75 Å². The van der Waals surface area contributed by atoms with Crippen molar-refractivity contribution in [1.29, 1.82) is 0 Å². The van der Waals surface area contributed by atoms with Crippen LogP contribution in [0.2, 0.25) is 0 Å². The van der Waals surface area contributed by atoms with Crippen LogP contribution in [0.25, 0.3) is 0 Å². The van der Waals surface area contributed by atoms with E-state index in [1.807, 2.05) is 12.1 Å². The Morgan fingerprint density at radius 3 is 2.61 bits per heavy atom. The summed E-state index contributed by atoms with van der Waals surface area (Å²) in [6.45, 7) is 0. The molecule has 1 atom stereocenters. The number of aliphatic hydroxyl groups is 1. The van der Waals surface area contributed by atoms with Gasteiger partial charge in [0.2, 0.25) is 0 Å². The molecule has 0 aromatic heterocycles. The van der Waals surface area contributed by atoms with E-state index >= 15 is 0 Å². The molecule has 0 aliphatic heterocycles. The van der Waals surface area contributed by atoms with E-state index in [9.17, 15) is 10.2 Å². The average Bonchev–Trinajstić information content (AvgIpc) is 2.74. The average molecular weight is 247 g/mol. The summed E-state index contributed by atoms with van der Waals surface area (Å²) in [6, 6.07) is 6.69. The van der Waals surface area contributed by atoms with Crippen LogP contribution in [-0.4, -0.2) is 22.4 Å². The molecule has 0 radical (unpaired) electrons. The number of phenols is 1. The molecular formula is C15H21NO2. The molecule has 0 spiro atoms. The number of aryl methyl sites for hydroxylation is 1. The molecule has 3 heteroatoms. The molecule has 3 rings (SSSR count). The highest BCUT2D eigenvalue weighted by atomic mass is 16.3. The molecule has 1 saturated carbocycles. The standard InChI is InChI=1S/C15H21NO2/c17-12-4-2-11(3-5-12)16-15-8-1-10-9-13(18)6-7-14(10)15/h6-7,9,11-12,15-18H,1-5,8H2. The lowest BCUT2D eigenvalue weighted by molar-refractivity contribution is 0.114. The van der Waals surface area contributed by atoms with Crippen LogP contribution in [-0.2, 0) is 6.42 Å². The van der Waals surface area contributed by atoms with Crippen LogP contribution < -0.4 is 5.32 Å². The molecule has 2 aliphatic rings. The van der Waals surface area contributed by atoms with Crippen LogP contribution in [0.1, 0.15) is 49.3 Å².